The van der Waals surface area contributed by atoms with E-state index in [1.54, 1.807) is 0 Å². The number of pyridine rings is 1. The van der Waals surface area contributed by atoms with Crippen LogP contribution in [0.1, 0.15) is 0 Å². The van der Waals surface area contributed by atoms with Crippen molar-refractivity contribution in [2.24, 2.45) is 0 Å². The largest absolute Gasteiger partial charge is 0.475 e. The van der Waals surface area contributed by atoms with Crippen LogP contribution in [0.2, 0.25) is 0 Å². The summed E-state index contributed by atoms with van der Waals surface area (Å²) in [5, 5.41) is 8.46. The first-order chi connectivity index (χ1) is 6.15. The lowest BCUT2D eigenvalue weighted by Crippen LogP contribution is -2.15. The normalized spacial score (nSPS) is 9.92. The predicted molar refractivity (Wildman–Crippen MR) is 48.5 cm³/mol. The quantitative estimate of drug-likeness (QED) is 0.477. The van der Waals surface area contributed by atoms with Gasteiger partial charge in [0.15, 0.2) is 0 Å². The van der Waals surface area contributed by atoms with Crippen LogP contribution in [0.15, 0.2) is 10.9 Å². The molecule has 0 aliphatic carbocycles. The van der Waals surface area contributed by atoms with Crippen LogP contribution in [0, 0.1) is 0 Å². The second-order valence-corrected chi connectivity index (χ2v) is 2.41. The fourth-order valence-corrected chi connectivity index (χ4v) is 0.813. The van der Waals surface area contributed by atoms with Crippen LogP contribution in [0.25, 0.3) is 0 Å². The molecule has 0 fully saturated rings. The van der Waals surface area contributed by atoms with Crippen molar-refractivity contribution < 1.29 is 9.84 Å². The molecule has 0 radical (unpaired) electrons. The third-order valence-electron chi connectivity index (χ3n) is 1.40. The maximum atomic E-state index is 11.0. The second kappa shape index (κ2) is 3.81. The Balaban J connectivity index is 2.95. The molecule has 6 heteroatoms. The van der Waals surface area contributed by atoms with Gasteiger partial charge in [0.05, 0.1) is 18.0 Å². The third kappa shape index (κ3) is 2.12. The Bertz CT molecular complexity index is 347. The number of nitrogens with one attached hydrogen (secondary N) is 1. The van der Waals surface area contributed by atoms with Crippen LogP contribution in [0.5, 0.6) is 5.88 Å². The second-order valence-electron chi connectivity index (χ2n) is 2.41. The van der Waals surface area contributed by atoms with E-state index >= 15 is 0 Å². The summed E-state index contributed by atoms with van der Waals surface area (Å²) in [5.41, 5.74) is 10.6. The van der Waals surface area contributed by atoms with Crippen molar-refractivity contribution in [2.45, 2.75) is 0 Å². The zero-order chi connectivity index (χ0) is 9.84. The van der Waals surface area contributed by atoms with Crippen LogP contribution < -0.4 is 21.8 Å². The zero-order valence-corrected chi connectivity index (χ0v) is 6.91. The number of aromatic amines is 1. The fraction of sp³-hybridized carbons (Fsp3) is 0.286. The Morgan fingerprint density at radius 1 is 1.46 bits per heavy atom. The Morgan fingerprint density at radius 3 is 2.77 bits per heavy atom. The molecule has 13 heavy (non-hydrogen) atoms. The monoisotopic (exact) mass is 185 g/mol. The van der Waals surface area contributed by atoms with E-state index in [0.29, 0.717) is 0 Å². The molecule has 1 heterocycles. The van der Waals surface area contributed by atoms with Crippen molar-refractivity contribution in [1.82, 2.24) is 4.98 Å². The van der Waals surface area contributed by atoms with Crippen molar-refractivity contribution in [2.75, 3.05) is 24.7 Å². The van der Waals surface area contributed by atoms with Gasteiger partial charge in [-0.05, 0) is 6.07 Å². The van der Waals surface area contributed by atoms with Crippen molar-refractivity contribution >= 4 is 11.4 Å². The summed E-state index contributed by atoms with van der Waals surface area (Å²) in [5.74, 6) is 0.133. The van der Waals surface area contributed by atoms with Gasteiger partial charge in [-0.15, -0.1) is 0 Å². The molecule has 0 aromatic carbocycles. The number of nitrogen functional groups attached to an aromatic ring is 2. The Morgan fingerprint density at radius 2 is 2.15 bits per heavy atom. The standard InChI is InChI=1S/C7H11N3O3/c8-4-3-5(9)7(10-6(4)12)13-2-1-11/h3,11H,1-2,8-9H2,(H,10,12). The Hall–Kier alpha value is -1.69. The molecular weight excluding hydrogens is 174 g/mol. The van der Waals surface area contributed by atoms with Crippen molar-refractivity contribution in [1.29, 1.82) is 0 Å². The lowest BCUT2D eigenvalue weighted by atomic mass is 10.4. The summed E-state index contributed by atoms with van der Waals surface area (Å²) in [6.07, 6.45) is 0. The van der Waals surface area contributed by atoms with Gasteiger partial charge in [-0.25, -0.2) is 0 Å². The van der Waals surface area contributed by atoms with Crippen molar-refractivity contribution in [3.8, 4) is 5.88 Å². The predicted octanol–water partition coefficient (Wildman–Crippen LogP) is -1.09. The minimum absolute atomic E-state index is 0.0360. The molecule has 0 atom stereocenters. The number of aliphatic hydroxyl groups excluding tert-OH is 1. The molecule has 0 bridgehead atoms. The maximum Gasteiger partial charge on any atom is 0.273 e. The summed E-state index contributed by atoms with van der Waals surface area (Å²) in [6.45, 7) is -0.0735. The van der Waals surface area contributed by atoms with E-state index in [4.69, 9.17) is 21.3 Å². The summed E-state index contributed by atoms with van der Waals surface area (Å²) in [7, 11) is 0. The van der Waals surface area contributed by atoms with Crippen molar-refractivity contribution in [3.05, 3.63) is 16.4 Å². The van der Waals surface area contributed by atoms with Gasteiger partial charge < -0.3 is 21.3 Å². The number of ether oxygens (including phenoxy) is 1. The molecule has 0 saturated carbocycles. The minimum atomic E-state index is -0.456. The van der Waals surface area contributed by atoms with Gasteiger partial charge in [0.2, 0.25) is 5.88 Å². The number of aliphatic hydroxyl groups is 1. The molecular formula is C7H11N3O3. The van der Waals surface area contributed by atoms with Gasteiger partial charge in [0, 0.05) is 0 Å². The zero-order valence-electron chi connectivity index (χ0n) is 6.91. The van der Waals surface area contributed by atoms with E-state index < -0.39 is 5.56 Å². The van der Waals surface area contributed by atoms with Crippen LogP contribution in [-0.4, -0.2) is 23.3 Å². The molecule has 0 unspecified atom stereocenters. The molecule has 0 aliphatic rings. The third-order valence-corrected chi connectivity index (χ3v) is 1.40. The lowest BCUT2D eigenvalue weighted by Gasteiger charge is -2.06. The molecule has 0 spiro atoms. The van der Waals surface area contributed by atoms with Crippen LogP contribution in [-0.2, 0) is 0 Å². The van der Waals surface area contributed by atoms with Gasteiger partial charge in [0.1, 0.15) is 6.61 Å². The maximum absolute atomic E-state index is 11.0. The Kier molecular flexibility index (Phi) is 2.76. The van der Waals surface area contributed by atoms with E-state index in [1.807, 2.05) is 0 Å². The number of aromatic nitrogens is 1. The minimum Gasteiger partial charge on any atom is -0.475 e. The molecule has 72 valence electrons. The molecule has 0 amide bonds. The SMILES string of the molecule is Nc1cc(N)c(=O)[nH]c1OCCO. The summed E-state index contributed by atoms with van der Waals surface area (Å²) >= 11 is 0. The van der Waals surface area contributed by atoms with Gasteiger partial charge >= 0.3 is 0 Å². The van der Waals surface area contributed by atoms with Crippen LogP contribution in [0.3, 0.4) is 0 Å². The summed E-state index contributed by atoms with van der Waals surface area (Å²) in [4.78, 5) is 13.3. The summed E-state index contributed by atoms with van der Waals surface area (Å²) < 4.78 is 4.94. The molecule has 6 N–H and O–H groups in total. The molecule has 0 saturated heterocycles. The first-order valence-corrected chi connectivity index (χ1v) is 3.67. The van der Waals surface area contributed by atoms with E-state index in [2.05, 4.69) is 4.98 Å². The van der Waals surface area contributed by atoms with E-state index in [-0.39, 0.29) is 30.5 Å². The summed E-state index contributed by atoms with van der Waals surface area (Å²) in [6, 6.07) is 1.31. The van der Waals surface area contributed by atoms with Crippen LogP contribution in [0.4, 0.5) is 11.4 Å². The van der Waals surface area contributed by atoms with Crippen LogP contribution >= 0.6 is 0 Å². The fourth-order valence-electron chi connectivity index (χ4n) is 0.813. The number of rotatable bonds is 3. The number of H-pyrrole nitrogens is 1. The molecule has 1 aromatic rings. The molecule has 0 aliphatic heterocycles. The van der Waals surface area contributed by atoms with E-state index in [9.17, 15) is 4.79 Å². The topological polar surface area (TPSA) is 114 Å². The van der Waals surface area contributed by atoms with E-state index in [0.717, 1.165) is 0 Å². The van der Waals surface area contributed by atoms with Gasteiger partial charge in [0.25, 0.3) is 5.56 Å². The highest BCUT2D eigenvalue weighted by Gasteiger charge is 2.03. The number of nitrogens with two attached hydrogens (primary N) is 2. The van der Waals surface area contributed by atoms with Gasteiger partial charge in [-0.2, -0.15) is 0 Å². The van der Waals surface area contributed by atoms with Gasteiger partial charge in [-0.3, -0.25) is 9.78 Å². The number of hydrogen-bond acceptors (Lipinski definition) is 5. The first kappa shape index (κ1) is 9.40. The average Bonchev–Trinajstić information content (AvgIpc) is 2.09. The smallest absolute Gasteiger partial charge is 0.273 e. The molecule has 1 rings (SSSR count). The average molecular weight is 185 g/mol. The Labute approximate surface area is 74.1 Å². The highest BCUT2D eigenvalue weighted by molar-refractivity contribution is 5.55. The highest BCUT2D eigenvalue weighted by atomic mass is 16.5. The number of anilines is 2. The molecule has 1 aromatic heterocycles. The highest BCUT2D eigenvalue weighted by Crippen LogP contribution is 2.16. The van der Waals surface area contributed by atoms with E-state index in [1.165, 1.54) is 6.07 Å². The number of hydrogen-bond donors (Lipinski definition) is 4. The lowest BCUT2D eigenvalue weighted by molar-refractivity contribution is 0.197. The first-order valence-electron chi connectivity index (χ1n) is 3.67. The van der Waals surface area contributed by atoms with Crippen molar-refractivity contribution in [3.63, 3.8) is 0 Å². The molecule has 6 nitrogen and oxygen atoms in total. The van der Waals surface area contributed by atoms with Gasteiger partial charge in [-0.1, -0.05) is 0 Å².